The highest BCUT2D eigenvalue weighted by molar-refractivity contribution is 6.87. The van der Waals surface area contributed by atoms with Crippen molar-refractivity contribution in [3.05, 3.63) is 41.1 Å². The van der Waals surface area contributed by atoms with Crippen LogP contribution in [0.1, 0.15) is 12.5 Å². The van der Waals surface area contributed by atoms with E-state index in [1.165, 1.54) is 0 Å². The van der Waals surface area contributed by atoms with Crippen LogP contribution in [0.2, 0.25) is 19.6 Å². The van der Waals surface area contributed by atoms with Crippen LogP contribution < -0.4 is 0 Å². The molecule has 0 atom stereocenters. The van der Waals surface area contributed by atoms with Gasteiger partial charge in [0.2, 0.25) is 0 Å². The SMILES string of the molecule is CC(=O)/C(=C\c1ccccc1)[Si](C)(C)C. The molecular formula is C13H18OSi. The third-order valence-electron chi connectivity index (χ3n) is 2.30. The van der Waals surface area contributed by atoms with Crippen LogP contribution in [0.3, 0.4) is 0 Å². The Hall–Kier alpha value is -1.15. The van der Waals surface area contributed by atoms with Gasteiger partial charge in [-0.2, -0.15) is 0 Å². The minimum atomic E-state index is -1.52. The Morgan fingerprint density at radius 1 is 1.13 bits per heavy atom. The summed E-state index contributed by atoms with van der Waals surface area (Å²) < 4.78 is 0. The zero-order chi connectivity index (χ0) is 11.5. The van der Waals surface area contributed by atoms with E-state index in [1.54, 1.807) is 6.92 Å². The standard InChI is InChI=1S/C13H18OSi/c1-11(14)13(15(2,3)4)10-12-8-6-5-7-9-12/h5-10H,1-4H3/b13-10+. The molecule has 15 heavy (non-hydrogen) atoms. The second-order valence-corrected chi connectivity index (χ2v) is 9.81. The monoisotopic (exact) mass is 218 g/mol. The average molecular weight is 218 g/mol. The molecule has 0 amide bonds. The van der Waals surface area contributed by atoms with Crippen molar-refractivity contribution in [2.75, 3.05) is 0 Å². The largest absolute Gasteiger partial charge is 0.295 e. The van der Waals surface area contributed by atoms with E-state index in [1.807, 2.05) is 36.4 Å². The molecule has 80 valence electrons. The Balaban J connectivity index is 3.12. The van der Waals surface area contributed by atoms with Gasteiger partial charge in [-0.3, -0.25) is 4.79 Å². The Kier molecular flexibility index (Phi) is 3.64. The summed E-state index contributed by atoms with van der Waals surface area (Å²) in [5, 5.41) is 1.01. The van der Waals surface area contributed by atoms with Gasteiger partial charge in [0, 0.05) is 0 Å². The highest BCUT2D eigenvalue weighted by atomic mass is 28.3. The van der Waals surface area contributed by atoms with Crippen LogP contribution >= 0.6 is 0 Å². The maximum absolute atomic E-state index is 11.6. The number of rotatable bonds is 3. The van der Waals surface area contributed by atoms with Crippen molar-refractivity contribution < 1.29 is 4.79 Å². The van der Waals surface area contributed by atoms with Crippen LogP contribution in [-0.4, -0.2) is 13.9 Å². The predicted octanol–water partition coefficient (Wildman–Crippen LogP) is 3.54. The second kappa shape index (κ2) is 4.58. The maximum atomic E-state index is 11.6. The maximum Gasteiger partial charge on any atom is 0.151 e. The molecule has 0 aliphatic heterocycles. The minimum absolute atomic E-state index is 0.206. The zero-order valence-electron chi connectivity index (χ0n) is 9.87. The lowest BCUT2D eigenvalue weighted by atomic mass is 10.2. The number of hydrogen-bond acceptors (Lipinski definition) is 1. The molecule has 1 nitrogen and oxygen atoms in total. The molecule has 0 bridgehead atoms. The summed E-state index contributed by atoms with van der Waals surface area (Å²) in [7, 11) is -1.52. The van der Waals surface area contributed by atoms with Gasteiger partial charge in [0.1, 0.15) is 0 Å². The first-order valence-electron chi connectivity index (χ1n) is 5.19. The first-order valence-corrected chi connectivity index (χ1v) is 8.69. The molecule has 0 unspecified atom stereocenters. The van der Waals surface area contributed by atoms with Gasteiger partial charge in [0.25, 0.3) is 0 Å². The topological polar surface area (TPSA) is 17.1 Å². The summed E-state index contributed by atoms with van der Waals surface area (Å²) in [6, 6.07) is 10.0. The molecule has 0 aromatic heterocycles. The van der Waals surface area contributed by atoms with E-state index in [0.717, 1.165) is 10.8 Å². The molecule has 0 N–H and O–H groups in total. The quantitative estimate of drug-likeness (QED) is 0.560. The van der Waals surface area contributed by atoms with Crippen molar-refractivity contribution in [1.29, 1.82) is 0 Å². The van der Waals surface area contributed by atoms with Gasteiger partial charge in [-0.15, -0.1) is 0 Å². The van der Waals surface area contributed by atoms with E-state index >= 15 is 0 Å². The number of ketones is 1. The van der Waals surface area contributed by atoms with Crippen LogP contribution in [0, 0.1) is 0 Å². The number of Topliss-reactive ketones (excluding diaryl/α,β-unsaturated/α-hetero) is 1. The molecule has 0 aliphatic rings. The van der Waals surface area contributed by atoms with Crippen molar-refractivity contribution in [1.82, 2.24) is 0 Å². The summed E-state index contributed by atoms with van der Waals surface area (Å²) in [4.78, 5) is 11.6. The fourth-order valence-electron chi connectivity index (χ4n) is 1.56. The lowest BCUT2D eigenvalue weighted by molar-refractivity contribution is -0.113. The Morgan fingerprint density at radius 3 is 2.07 bits per heavy atom. The molecule has 2 heteroatoms. The first-order chi connectivity index (χ1) is 6.91. The molecule has 0 saturated carbocycles. The molecule has 0 aliphatic carbocycles. The lowest BCUT2D eigenvalue weighted by Gasteiger charge is -2.18. The summed E-state index contributed by atoms with van der Waals surface area (Å²) in [6.45, 7) is 8.25. The predicted molar refractivity (Wildman–Crippen MR) is 68.4 cm³/mol. The molecule has 0 fully saturated rings. The minimum Gasteiger partial charge on any atom is -0.295 e. The highest BCUT2D eigenvalue weighted by Gasteiger charge is 2.22. The van der Waals surface area contributed by atoms with Gasteiger partial charge < -0.3 is 0 Å². The van der Waals surface area contributed by atoms with E-state index in [4.69, 9.17) is 0 Å². The van der Waals surface area contributed by atoms with Crippen molar-refractivity contribution >= 4 is 19.9 Å². The van der Waals surface area contributed by atoms with Gasteiger partial charge in [-0.25, -0.2) is 0 Å². The van der Waals surface area contributed by atoms with Crippen molar-refractivity contribution in [2.45, 2.75) is 26.6 Å². The van der Waals surface area contributed by atoms with Crippen LogP contribution in [0.4, 0.5) is 0 Å². The summed E-state index contributed by atoms with van der Waals surface area (Å²) in [5.41, 5.74) is 1.12. The van der Waals surface area contributed by atoms with Gasteiger partial charge in [0.15, 0.2) is 5.78 Å². The van der Waals surface area contributed by atoms with Gasteiger partial charge in [-0.1, -0.05) is 56.0 Å². The molecule has 1 rings (SSSR count). The molecule has 0 heterocycles. The van der Waals surface area contributed by atoms with E-state index < -0.39 is 8.07 Å². The van der Waals surface area contributed by atoms with Crippen molar-refractivity contribution in [3.8, 4) is 0 Å². The smallest absolute Gasteiger partial charge is 0.151 e. The third kappa shape index (κ3) is 3.48. The normalized spacial score (nSPS) is 12.7. The highest BCUT2D eigenvalue weighted by Crippen LogP contribution is 2.18. The number of hydrogen-bond donors (Lipinski definition) is 0. The first kappa shape index (κ1) is 11.9. The fraction of sp³-hybridized carbons (Fsp3) is 0.308. The van der Waals surface area contributed by atoms with E-state index in [-0.39, 0.29) is 5.78 Å². The van der Waals surface area contributed by atoms with Crippen molar-refractivity contribution in [2.24, 2.45) is 0 Å². The van der Waals surface area contributed by atoms with Crippen LogP contribution in [0.25, 0.3) is 6.08 Å². The molecule has 0 radical (unpaired) electrons. The second-order valence-electron chi connectivity index (χ2n) is 4.77. The molecule has 1 aromatic carbocycles. The summed E-state index contributed by atoms with van der Waals surface area (Å²) in [6.07, 6.45) is 2.04. The van der Waals surface area contributed by atoms with Crippen LogP contribution in [-0.2, 0) is 4.79 Å². The van der Waals surface area contributed by atoms with Crippen molar-refractivity contribution in [3.63, 3.8) is 0 Å². The fourth-order valence-corrected chi connectivity index (χ4v) is 3.22. The molecule has 0 spiro atoms. The number of carbonyl (C=O) groups is 1. The number of allylic oxidation sites excluding steroid dienone is 1. The third-order valence-corrected chi connectivity index (χ3v) is 4.41. The van der Waals surface area contributed by atoms with Gasteiger partial charge in [0.05, 0.1) is 8.07 Å². The van der Waals surface area contributed by atoms with Gasteiger partial charge >= 0.3 is 0 Å². The van der Waals surface area contributed by atoms with E-state index in [2.05, 4.69) is 19.6 Å². The van der Waals surface area contributed by atoms with E-state index in [0.29, 0.717) is 0 Å². The lowest BCUT2D eigenvalue weighted by Crippen LogP contribution is -2.28. The molecular weight excluding hydrogens is 200 g/mol. The molecule has 1 aromatic rings. The Labute approximate surface area is 92.8 Å². The summed E-state index contributed by atoms with van der Waals surface area (Å²) in [5.74, 6) is 0.206. The number of benzene rings is 1. The van der Waals surface area contributed by atoms with E-state index in [9.17, 15) is 4.79 Å². The Bertz CT molecular complexity index is 371. The Morgan fingerprint density at radius 2 is 1.67 bits per heavy atom. The van der Waals surface area contributed by atoms with Gasteiger partial charge in [-0.05, 0) is 17.7 Å². The summed E-state index contributed by atoms with van der Waals surface area (Å²) >= 11 is 0. The zero-order valence-corrected chi connectivity index (χ0v) is 10.9. The van der Waals surface area contributed by atoms with Crippen LogP contribution in [0.5, 0.6) is 0 Å². The average Bonchev–Trinajstić information content (AvgIpc) is 2.13. The molecule has 0 saturated heterocycles. The van der Waals surface area contributed by atoms with Crippen LogP contribution in [0.15, 0.2) is 35.5 Å². The number of carbonyl (C=O) groups excluding carboxylic acids is 1.